The number of benzene rings is 1. The van der Waals surface area contributed by atoms with Gasteiger partial charge in [0.05, 0.1) is 30.3 Å². The predicted molar refractivity (Wildman–Crippen MR) is 91.2 cm³/mol. The first kappa shape index (κ1) is 15.4. The predicted octanol–water partition coefficient (Wildman–Crippen LogP) is 2.14. The minimum Gasteiger partial charge on any atom is -0.460 e. The zero-order valence-corrected chi connectivity index (χ0v) is 14.2. The number of aromatic nitrogens is 2. The summed E-state index contributed by atoms with van der Waals surface area (Å²) in [5.74, 6) is 1.16. The molecule has 0 saturated carbocycles. The van der Waals surface area contributed by atoms with Crippen molar-refractivity contribution >= 4 is 20.8 Å². The molecule has 4 rings (SSSR count). The molecule has 1 saturated heterocycles. The van der Waals surface area contributed by atoms with E-state index in [2.05, 4.69) is 10.00 Å². The van der Waals surface area contributed by atoms with Gasteiger partial charge in [-0.15, -0.1) is 0 Å². The molecule has 126 valence electrons. The molecule has 0 N–H and O–H groups in total. The summed E-state index contributed by atoms with van der Waals surface area (Å²) in [5.41, 5.74) is 1.78. The van der Waals surface area contributed by atoms with Crippen LogP contribution in [0.25, 0.3) is 11.0 Å². The Labute approximate surface area is 140 Å². The molecule has 7 heteroatoms. The lowest BCUT2D eigenvalue weighted by atomic mass is 10.1. The maximum absolute atomic E-state index is 12.1. The Hall–Kier alpha value is -2.12. The highest BCUT2D eigenvalue weighted by Crippen LogP contribution is 2.29. The van der Waals surface area contributed by atoms with E-state index >= 15 is 0 Å². The Morgan fingerprint density at radius 3 is 2.92 bits per heavy atom. The number of nitrogens with zero attached hydrogens (tertiary/aromatic N) is 3. The van der Waals surface area contributed by atoms with Crippen molar-refractivity contribution in [1.29, 1.82) is 0 Å². The van der Waals surface area contributed by atoms with Crippen molar-refractivity contribution in [1.82, 2.24) is 14.7 Å². The molecule has 24 heavy (non-hydrogen) atoms. The van der Waals surface area contributed by atoms with Crippen molar-refractivity contribution < 1.29 is 12.8 Å². The fourth-order valence-electron chi connectivity index (χ4n) is 3.26. The van der Waals surface area contributed by atoms with Gasteiger partial charge in [0.2, 0.25) is 0 Å². The first-order chi connectivity index (χ1) is 11.5. The van der Waals surface area contributed by atoms with E-state index in [1.54, 1.807) is 10.9 Å². The number of fused-ring (bicyclic) bond motifs is 1. The Morgan fingerprint density at radius 2 is 2.17 bits per heavy atom. The van der Waals surface area contributed by atoms with Gasteiger partial charge in [0.15, 0.2) is 9.84 Å². The van der Waals surface area contributed by atoms with Crippen LogP contribution in [0.2, 0.25) is 0 Å². The Bertz CT molecular complexity index is 941. The van der Waals surface area contributed by atoms with E-state index in [1.165, 1.54) is 0 Å². The lowest BCUT2D eigenvalue weighted by Gasteiger charge is -2.34. The van der Waals surface area contributed by atoms with Gasteiger partial charge in [-0.3, -0.25) is 9.58 Å². The summed E-state index contributed by atoms with van der Waals surface area (Å²) in [6, 6.07) is 9.72. The van der Waals surface area contributed by atoms with Gasteiger partial charge in [0, 0.05) is 30.7 Å². The molecule has 0 radical (unpaired) electrons. The number of para-hydroxylation sites is 1. The van der Waals surface area contributed by atoms with Crippen LogP contribution >= 0.6 is 0 Å². The Kier molecular flexibility index (Phi) is 3.69. The van der Waals surface area contributed by atoms with E-state index in [0.717, 1.165) is 22.3 Å². The molecular formula is C17H19N3O3S. The van der Waals surface area contributed by atoms with Crippen LogP contribution in [-0.4, -0.2) is 41.1 Å². The minimum absolute atomic E-state index is 0.124. The van der Waals surface area contributed by atoms with E-state index in [0.29, 0.717) is 13.1 Å². The molecule has 0 unspecified atom stereocenters. The van der Waals surface area contributed by atoms with Crippen molar-refractivity contribution in [3.05, 3.63) is 54.0 Å². The molecule has 0 spiro atoms. The second-order valence-corrected chi connectivity index (χ2v) is 8.53. The van der Waals surface area contributed by atoms with Gasteiger partial charge in [-0.1, -0.05) is 18.2 Å². The van der Waals surface area contributed by atoms with Crippen LogP contribution < -0.4 is 0 Å². The molecule has 6 nitrogen and oxygen atoms in total. The standard InChI is InChI=1S/C17H19N3O3S/c1-19-10-14(9-18-19)16-12-24(21,22)7-6-20(16)11-15-8-13-4-2-3-5-17(13)23-15/h2-5,8-10,16H,6-7,11-12H2,1H3/t16-/m1/s1. The van der Waals surface area contributed by atoms with Crippen molar-refractivity contribution in [2.24, 2.45) is 7.05 Å². The van der Waals surface area contributed by atoms with E-state index in [4.69, 9.17) is 4.42 Å². The molecule has 1 aliphatic rings. The summed E-state index contributed by atoms with van der Waals surface area (Å²) in [4.78, 5) is 2.16. The van der Waals surface area contributed by atoms with Gasteiger partial charge in [-0.25, -0.2) is 8.42 Å². The summed E-state index contributed by atoms with van der Waals surface area (Å²) in [7, 11) is -1.19. The minimum atomic E-state index is -3.03. The number of rotatable bonds is 3. The van der Waals surface area contributed by atoms with Gasteiger partial charge in [-0.05, 0) is 12.1 Å². The molecule has 1 atom stereocenters. The maximum atomic E-state index is 12.1. The monoisotopic (exact) mass is 345 g/mol. The molecule has 1 aromatic carbocycles. The SMILES string of the molecule is Cn1cc([C@H]2CS(=O)(=O)CCN2Cc2cc3ccccc3o2)cn1. The van der Waals surface area contributed by atoms with Crippen molar-refractivity contribution in [2.75, 3.05) is 18.1 Å². The first-order valence-electron chi connectivity index (χ1n) is 7.91. The lowest BCUT2D eigenvalue weighted by molar-refractivity contribution is 0.192. The average Bonchev–Trinajstić information content (AvgIpc) is 3.14. The highest BCUT2D eigenvalue weighted by atomic mass is 32.2. The Balaban J connectivity index is 1.64. The fraction of sp³-hybridized carbons (Fsp3) is 0.353. The summed E-state index contributed by atoms with van der Waals surface area (Å²) < 4.78 is 31.8. The van der Waals surface area contributed by atoms with E-state index in [-0.39, 0.29) is 17.5 Å². The number of furan rings is 1. The molecule has 3 heterocycles. The van der Waals surface area contributed by atoms with Crippen molar-refractivity contribution in [3.63, 3.8) is 0 Å². The quantitative estimate of drug-likeness (QED) is 0.727. The summed E-state index contributed by atoms with van der Waals surface area (Å²) in [5, 5.41) is 5.25. The zero-order chi connectivity index (χ0) is 16.7. The third kappa shape index (κ3) is 2.97. The van der Waals surface area contributed by atoms with Gasteiger partial charge in [0.1, 0.15) is 11.3 Å². The van der Waals surface area contributed by atoms with Crippen LogP contribution in [0, 0.1) is 0 Å². The second kappa shape index (κ2) is 5.75. The largest absolute Gasteiger partial charge is 0.460 e. The number of hydrogen-bond donors (Lipinski definition) is 0. The van der Waals surface area contributed by atoms with Crippen LogP contribution in [0.5, 0.6) is 0 Å². The van der Waals surface area contributed by atoms with Gasteiger partial charge < -0.3 is 4.42 Å². The van der Waals surface area contributed by atoms with Gasteiger partial charge >= 0.3 is 0 Å². The number of sulfone groups is 1. The number of aryl methyl sites for hydroxylation is 1. The smallest absolute Gasteiger partial charge is 0.153 e. The van der Waals surface area contributed by atoms with Gasteiger partial charge in [-0.2, -0.15) is 5.10 Å². The van der Waals surface area contributed by atoms with Crippen LogP contribution in [0.15, 0.2) is 47.1 Å². The lowest BCUT2D eigenvalue weighted by Crippen LogP contribution is -2.42. The van der Waals surface area contributed by atoms with E-state index < -0.39 is 9.84 Å². The van der Waals surface area contributed by atoms with Crippen LogP contribution in [0.4, 0.5) is 0 Å². The van der Waals surface area contributed by atoms with E-state index in [1.807, 2.05) is 43.6 Å². The maximum Gasteiger partial charge on any atom is 0.153 e. The molecule has 2 aromatic heterocycles. The fourth-order valence-corrected chi connectivity index (χ4v) is 4.83. The molecule has 1 fully saturated rings. The third-order valence-electron chi connectivity index (χ3n) is 4.49. The zero-order valence-electron chi connectivity index (χ0n) is 13.4. The van der Waals surface area contributed by atoms with E-state index in [9.17, 15) is 8.42 Å². The molecule has 0 amide bonds. The van der Waals surface area contributed by atoms with Gasteiger partial charge in [0.25, 0.3) is 0 Å². The summed E-state index contributed by atoms with van der Waals surface area (Å²) in [6.07, 6.45) is 3.63. The first-order valence-corrected chi connectivity index (χ1v) is 9.73. The summed E-state index contributed by atoms with van der Waals surface area (Å²) >= 11 is 0. The third-order valence-corrected chi connectivity index (χ3v) is 6.12. The van der Waals surface area contributed by atoms with Crippen molar-refractivity contribution in [3.8, 4) is 0 Å². The molecular weight excluding hydrogens is 326 g/mol. The topological polar surface area (TPSA) is 68.3 Å². The average molecular weight is 345 g/mol. The van der Waals surface area contributed by atoms with Crippen LogP contribution in [0.3, 0.4) is 0 Å². The molecule has 3 aromatic rings. The highest BCUT2D eigenvalue weighted by Gasteiger charge is 2.33. The molecule has 0 aliphatic carbocycles. The van der Waals surface area contributed by atoms with Crippen molar-refractivity contribution in [2.45, 2.75) is 12.6 Å². The summed E-state index contributed by atoms with van der Waals surface area (Å²) in [6.45, 7) is 1.09. The van der Waals surface area contributed by atoms with Crippen LogP contribution in [-0.2, 0) is 23.4 Å². The molecule has 0 bridgehead atoms. The highest BCUT2D eigenvalue weighted by molar-refractivity contribution is 7.91. The number of hydrogen-bond acceptors (Lipinski definition) is 5. The van der Waals surface area contributed by atoms with Crippen LogP contribution in [0.1, 0.15) is 17.4 Å². The second-order valence-electron chi connectivity index (χ2n) is 6.30. The normalized spacial score (nSPS) is 21.3. The Morgan fingerprint density at radius 1 is 1.33 bits per heavy atom. The molecule has 1 aliphatic heterocycles.